The van der Waals surface area contributed by atoms with Crippen LogP contribution in [-0.4, -0.2) is 22.5 Å². The van der Waals surface area contributed by atoms with Crippen LogP contribution in [0.25, 0.3) is 10.3 Å². The maximum absolute atomic E-state index is 12.6. The Morgan fingerprint density at radius 1 is 1.36 bits per heavy atom. The molecule has 0 aliphatic rings. The van der Waals surface area contributed by atoms with E-state index in [1.54, 1.807) is 23.1 Å². The molecule has 2 heterocycles. The summed E-state index contributed by atoms with van der Waals surface area (Å²) in [6.45, 7) is 2.37. The highest BCUT2D eigenvalue weighted by atomic mass is 32.1. The summed E-state index contributed by atoms with van der Waals surface area (Å²) in [5.41, 5.74) is 2.44. The molecule has 0 aliphatic carbocycles. The van der Waals surface area contributed by atoms with Crippen molar-refractivity contribution in [2.24, 2.45) is 0 Å². The van der Waals surface area contributed by atoms with E-state index in [1.807, 2.05) is 25.1 Å². The fourth-order valence-electron chi connectivity index (χ4n) is 2.38. The first-order chi connectivity index (χ1) is 12.1. The smallest absolute Gasteiger partial charge is 0.327 e. The molecule has 0 bridgehead atoms. The average molecular weight is 369 g/mol. The molecule has 0 saturated heterocycles. The van der Waals surface area contributed by atoms with Gasteiger partial charge in [-0.15, -0.1) is 0 Å². The lowest BCUT2D eigenvalue weighted by atomic mass is 10.1. The number of carbonyl (C=O) groups excluding carboxylic acids is 1. The summed E-state index contributed by atoms with van der Waals surface area (Å²) in [7, 11) is 0. The largest absolute Gasteiger partial charge is 0.336 e. The van der Waals surface area contributed by atoms with Crippen molar-refractivity contribution in [3.8, 4) is 6.07 Å². The number of hydrogen-bond acceptors (Lipinski definition) is 5. The summed E-state index contributed by atoms with van der Waals surface area (Å²) in [5, 5.41) is 11.6. The molecule has 25 heavy (non-hydrogen) atoms. The van der Waals surface area contributed by atoms with Crippen molar-refractivity contribution in [2.45, 2.75) is 13.3 Å². The van der Waals surface area contributed by atoms with Crippen LogP contribution in [0, 0.1) is 15.3 Å². The molecule has 2 amide bonds. The number of urea groups is 1. The molecular weight excluding hydrogens is 354 g/mol. The predicted octanol–water partition coefficient (Wildman–Crippen LogP) is 4.48. The maximum atomic E-state index is 12.6. The van der Waals surface area contributed by atoms with Gasteiger partial charge in [-0.1, -0.05) is 23.5 Å². The molecule has 0 unspecified atom stereocenters. The van der Waals surface area contributed by atoms with Gasteiger partial charge in [0, 0.05) is 12.2 Å². The van der Waals surface area contributed by atoms with Crippen LogP contribution in [0.15, 0.2) is 36.4 Å². The van der Waals surface area contributed by atoms with Crippen LogP contribution >= 0.6 is 23.6 Å². The molecule has 0 aliphatic heterocycles. The Kier molecular flexibility index (Phi) is 5.07. The summed E-state index contributed by atoms with van der Waals surface area (Å²) in [6, 6.07) is 12.7. The zero-order chi connectivity index (χ0) is 17.8. The number of benzene rings is 1. The van der Waals surface area contributed by atoms with Gasteiger partial charge in [-0.2, -0.15) is 5.26 Å². The van der Waals surface area contributed by atoms with Crippen molar-refractivity contribution in [3.63, 3.8) is 0 Å². The third-order valence-electron chi connectivity index (χ3n) is 3.60. The number of rotatable bonds is 4. The number of thiazole rings is 1. The van der Waals surface area contributed by atoms with Crippen LogP contribution < -0.4 is 10.2 Å². The molecule has 0 fully saturated rings. The van der Waals surface area contributed by atoms with Gasteiger partial charge in [0.25, 0.3) is 0 Å². The molecule has 126 valence electrons. The molecule has 0 atom stereocenters. The van der Waals surface area contributed by atoms with Crippen molar-refractivity contribution in [2.75, 3.05) is 16.8 Å². The third-order valence-corrected chi connectivity index (χ3v) is 4.74. The Bertz CT molecular complexity index is 1000. The van der Waals surface area contributed by atoms with E-state index < -0.39 is 0 Å². The van der Waals surface area contributed by atoms with Crippen LogP contribution in [0.1, 0.15) is 12.5 Å². The van der Waals surface area contributed by atoms with E-state index >= 15 is 0 Å². The minimum absolute atomic E-state index is 0.262. The Morgan fingerprint density at radius 2 is 2.12 bits per heavy atom. The summed E-state index contributed by atoms with van der Waals surface area (Å²) in [6.07, 6.45) is 0.349. The quantitative estimate of drug-likeness (QED) is 0.664. The number of aromatic nitrogens is 2. The summed E-state index contributed by atoms with van der Waals surface area (Å²) in [4.78, 5) is 22.5. The third kappa shape index (κ3) is 3.84. The lowest BCUT2D eigenvalue weighted by Gasteiger charge is -2.20. The number of hydrogen-bond donors (Lipinski definition) is 2. The zero-order valence-corrected chi connectivity index (χ0v) is 15.1. The molecule has 2 N–H and O–H groups in total. The second kappa shape index (κ2) is 7.42. The highest BCUT2D eigenvalue weighted by Gasteiger charge is 2.16. The molecule has 0 saturated carbocycles. The second-order valence-electron chi connectivity index (χ2n) is 5.24. The minimum Gasteiger partial charge on any atom is -0.336 e. The molecule has 0 spiro atoms. The van der Waals surface area contributed by atoms with Gasteiger partial charge in [-0.3, -0.25) is 4.90 Å². The van der Waals surface area contributed by atoms with Gasteiger partial charge in [0.2, 0.25) is 0 Å². The number of pyridine rings is 1. The van der Waals surface area contributed by atoms with Gasteiger partial charge < -0.3 is 10.3 Å². The van der Waals surface area contributed by atoms with Crippen LogP contribution in [0.4, 0.5) is 16.3 Å². The predicted molar refractivity (Wildman–Crippen MR) is 103 cm³/mol. The Morgan fingerprint density at radius 3 is 2.80 bits per heavy atom. The molecule has 8 heteroatoms. The zero-order valence-electron chi connectivity index (χ0n) is 13.4. The molecule has 1 aromatic carbocycles. The van der Waals surface area contributed by atoms with E-state index in [0.29, 0.717) is 28.4 Å². The van der Waals surface area contributed by atoms with Crippen molar-refractivity contribution in [3.05, 3.63) is 45.9 Å². The Balaban J connectivity index is 1.80. The van der Waals surface area contributed by atoms with E-state index in [2.05, 4.69) is 21.4 Å². The van der Waals surface area contributed by atoms with E-state index in [4.69, 9.17) is 17.5 Å². The monoisotopic (exact) mass is 369 g/mol. The van der Waals surface area contributed by atoms with Gasteiger partial charge in [0.15, 0.2) is 3.95 Å². The van der Waals surface area contributed by atoms with Gasteiger partial charge in [-0.25, -0.2) is 9.78 Å². The van der Waals surface area contributed by atoms with Gasteiger partial charge >= 0.3 is 6.03 Å². The number of amides is 2. The van der Waals surface area contributed by atoms with Crippen LogP contribution in [0.5, 0.6) is 0 Å². The van der Waals surface area contributed by atoms with Gasteiger partial charge in [0.1, 0.15) is 10.6 Å². The second-order valence-corrected chi connectivity index (χ2v) is 6.91. The number of nitriles is 1. The van der Waals surface area contributed by atoms with Crippen LogP contribution in [0.2, 0.25) is 0 Å². The number of H-pyrrole nitrogens is 1. The van der Waals surface area contributed by atoms with Crippen molar-refractivity contribution in [1.29, 1.82) is 5.26 Å². The van der Waals surface area contributed by atoms with Crippen molar-refractivity contribution >= 4 is 51.4 Å². The number of aromatic amines is 1. The first-order valence-corrected chi connectivity index (χ1v) is 8.87. The SMILES string of the molecule is CCN(C(=O)Nc1ccc(CC#N)cc1)c1ccc2[nH]c(=S)sc2n1. The summed E-state index contributed by atoms with van der Waals surface area (Å²) in [5.74, 6) is 0.568. The van der Waals surface area contributed by atoms with Gasteiger partial charge in [-0.05, 0) is 49.0 Å². The number of fused-ring (bicyclic) bond motifs is 1. The fraction of sp³-hybridized carbons (Fsp3) is 0.176. The molecule has 3 aromatic rings. The van der Waals surface area contributed by atoms with E-state index in [9.17, 15) is 4.79 Å². The first-order valence-electron chi connectivity index (χ1n) is 7.65. The van der Waals surface area contributed by atoms with E-state index in [0.717, 1.165) is 15.9 Å². The fourth-order valence-corrected chi connectivity index (χ4v) is 3.43. The molecule has 6 nitrogen and oxygen atoms in total. The average Bonchev–Trinajstić information content (AvgIpc) is 2.97. The lowest BCUT2D eigenvalue weighted by molar-refractivity contribution is 0.257. The standard InChI is InChI=1S/C17H15N5OS2/c1-2-22(14-8-7-13-15(21-14)25-17(24)20-13)16(23)19-12-5-3-11(4-6-12)9-10-18/h3-8H,2,9H2,1H3,(H,19,23)(H,20,24). The lowest BCUT2D eigenvalue weighted by Crippen LogP contribution is -2.35. The van der Waals surface area contributed by atoms with Crippen molar-refractivity contribution < 1.29 is 4.79 Å². The Hall–Kier alpha value is -2.76. The maximum Gasteiger partial charge on any atom is 0.327 e. The number of nitrogens with one attached hydrogen (secondary N) is 2. The van der Waals surface area contributed by atoms with E-state index in [1.165, 1.54) is 11.3 Å². The molecular formula is C17H15N5OS2. The normalized spacial score (nSPS) is 10.4. The molecule has 0 radical (unpaired) electrons. The number of nitrogens with zero attached hydrogens (tertiary/aromatic N) is 3. The summed E-state index contributed by atoms with van der Waals surface area (Å²) >= 11 is 6.51. The van der Waals surface area contributed by atoms with Crippen LogP contribution in [-0.2, 0) is 6.42 Å². The number of anilines is 2. The highest BCUT2D eigenvalue weighted by molar-refractivity contribution is 7.73. The van der Waals surface area contributed by atoms with E-state index in [-0.39, 0.29) is 6.03 Å². The highest BCUT2D eigenvalue weighted by Crippen LogP contribution is 2.22. The topological polar surface area (TPSA) is 84.8 Å². The minimum atomic E-state index is -0.262. The molecule has 2 aromatic heterocycles. The summed E-state index contributed by atoms with van der Waals surface area (Å²) < 4.78 is 0.657. The van der Waals surface area contributed by atoms with Crippen molar-refractivity contribution in [1.82, 2.24) is 9.97 Å². The molecule has 3 rings (SSSR count). The Labute approximate surface area is 153 Å². The number of carbonyl (C=O) groups is 1. The first kappa shape index (κ1) is 17.1. The van der Waals surface area contributed by atoms with Gasteiger partial charge in [0.05, 0.1) is 18.0 Å². The van der Waals surface area contributed by atoms with Crippen LogP contribution in [0.3, 0.4) is 0 Å².